The highest BCUT2D eigenvalue weighted by atomic mass is 32.2. The van der Waals surface area contributed by atoms with Crippen LogP contribution >= 0.6 is 0 Å². The van der Waals surface area contributed by atoms with Crippen LogP contribution in [0.3, 0.4) is 0 Å². The average Bonchev–Trinajstić information content (AvgIpc) is 3.12. The van der Waals surface area contributed by atoms with E-state index in [-0.39, 0.29) is 24.2 Å². The van der Waals surface area contributed by atoms with E-state index in [0.717, 1.165) is 38.4 Å². The van der Waals surface area contributed by atoms with Crippen LogP contribution in [0.4, 0.5) is 4.79 Å². The van der Waals surface area contributed by atoms with Crippen LogP contribution in [0.15, 0.2) is 12.4 Å². The third-order valence-electron chi connectivity index (χ3n) is 6.11. The lowest BCUT2D eigenvalue weighted by molar-refractivity contribution is -0.0173. The van der Waals surface area contributed by atoms with E-state index in [9.17, 15) is 13.2 Å². The topological polar surface area (TPSA) is 106 Å². The number of nitrogens with zero attached hydrogens (tertiary/aromatic N) is 3. The third kappa shape index (κ3) is 6.18. The number of likely N-dealkylation sites (tertiary alicyclic amines) is 1. The Bertz CT molecular complexity index is 804. The number of carbonyl (C=O) groups excluding carboxylic acids is 1. The highest BCUT2D eigenvalue weighted by Crippen LogP contribution is 2.34. The van der Waals surface area contributed by atoms with Gasteiger partial charge in [0.25, 0.3) is 0 Å². The van der Waals surface area contributed by atoms with Crippen LogP contribution in [0, 0.1) is 0 Å². The Morgan fingerprint density at radius 3 is 2.60 bits per heavy atom. The van der Waals surface area contributed by atoms with Gasteiger partial charge < -0.3 is 15.0 Å². The van der Waals surface area contributed by atoms with Crippen LogP contribution in [0.25, 0.3) is 0 Å². The first-order valence-electron chi connectivity index (χ1n) is 10.9. The predicted octanol–water partition coefficient (Wildman–Crippen LogP) is 1.57. The Kier molecular flexibility index (Phi) is 7.75. The van der Waals surface area contributed by atoms with Crippen LogP contribution < -0.4 is 10.0 Å². The molecule has 170 valence electrons. The van der Waals surface area contributed by atoms with Crippen molar-refractivity contribution in [1.29, 1.82) is 0 Å². The molecule has 2 atom stereocenters. The number of urea groups is 1. The summed E-state index contributed by atoms with van der Waals surface area (Å²) in [6.45, 7) is 3.35. The van der Waals surface area contributed by atoms with E-state index in [1.165, 1.54) is 5.56 Å². The molecule has 1 aliphatic heterocycles. The van der Waals surface area contributed by atoms with Gasteiger partial charge in [-0.3, -0.25) is 4.68 Å². The van der Waals surface area contributed by atoms with Gasteiger partial charge in [-0.1, -0.05) is 0 Å². The molecule has 1 saturated heterocycles. The summed E-state index contributed by atoms with van der Waals surface area (Å²) < 4.78 is 34.5. The van der Waals surface area contributed by atoms with Crippen molar-refractivity contribution < 1.29 is 17.9 Å². The van der Waals surface area contributed by atoms with Crippen molar-refractivity contribution in [1.82, 2.24) is 24.7 Å². The van der Waals surface area contributed by atoms with Gasteiger partial charge in [0, 0.05) is 32.4 Å². The number of aryl methyl sites for hydroxylation is 1. The first-order valence-corrected chi connectivity index (χ1v) is 12.8. The normalized spacial score (nSPS) is 27.8. The summed E-state index contributed by atoms with van der Waals surface area (Å²) in [5, 5.41) is 7.11. The molecule has 0 spiro atoms. The van der Waals surface area contributed by atoms with Gasteiger partial charge in [-0.15, -0.1) is 0 Å². The quantitative estimate of drug-likeness (QED) is 0.668. The number of piperidine rings is 1. The Morgan fingerprint density at radius 1 is 1.27 bits per heavy atom. The monoisotopic (exact) mass is 441 g/mol. The molecule has 1 aromatic rings. The number of hydrogen-bond donors (Lipinski definition) is 2. The number of rotatable bonds is 7. The number of ether oxygens (including phenoxy) is 1. The number of carbonyl (C=O) groups is 1. The Labute approximate surface area is 179 Å². The Morgan fingerprint density at radius 2 is 2.00 bits per heavy atom. The molecule has 2 heterocycles. The highest BCUT2D eigenvalue weighted by Gasteiger charge is 2.36. The largest absolute Gasteiger partial charge is 0.376 e. The fourth-order valence-electron chi connectivity index (χ4n) is 4.63. The zero-order chi connectivity index (χ0) is 21.7. The van der Waals surface area contributed by atoms with E-state index >= 15 is 0 Å². The van der Waals surface area contributed by atoms with Crippen molar-refractivity contribution in [2.24, 2.45) is 7.05 Å². The second kappa shape index (κ2) is 10.1. The summed E-state index contributed by atoms with van der Waals surface area (Å²) >= 11 is 0. The van der Waals surface area contributed by atoms with E-state index in [1.54, 1.807) is 4.90 Å². The smallest absolute Gasteiger partial charge is 0.317 e. The highest BCUT2D eigenvalue weighted by molar-refractivity contribution is 7.88. The fourth-order valence-corrected chi connectivity index (χ4v) is 5.45. The Hall–Kier alpha value is -1.65. The molecule has 9 nitrogen and oxygen atoms in total. The predicted molar refractivity (Wildman–Crippen MR) is 115 cm³/mol. The summed E-state index contributed by atoms with van der Waals surface area (Å²) in [5.74, 6) is 0.514. The van der Waals surface area contributed by atoms with Gasteiger partial charge in [-0.25, -0.2) is 17.9 Å². The van der Waals surface area contributed by atoms with Crippen molar-refractivity contribution in [3.05, 3.63) is 18.0 Å². The molecule has 2 amide bonds. The standard InChI is InChI=1S/C20H35N5O4S/c1-4-21-20(26)25-11-5-6-18(23-30(3,27)28)19(25)14-29-17-9-7-15(8-10-17)16-12-22-24(2)13-16/h12-13,15,17-19,23H,4-11,14H2,1-3H3,(H,21,26)/t15-,17+,18-,19-/m0/s1. The minimum Gasteiger partial charge on any atom is -0.376 e. The molecule has 1 aliphatic carbocycles. The molecule has 2 N–H and O–H groups in total. The first-order chi connectivity index (χ1) is 14.3. The lowest BCUT2D eigenvalue weighted by Gasteiger charge is -2.42. The summed E-state index contributed by atoms with van der Waals surface area (Å²) in [6.07, 6.45) is 10.8. The molecule has 0 aromatic carbocycles. The van der Waals surface area contributed by atoms with Crippen molar-refractivity contribution in [2.45, 2.75) is 69.6 Å². The van der Waals surface area contributed by atoms with Crippen molar-refractivity contribution in [3.63, 3.8) is 0 Å². The number of hydrogen-bond acceptors (Lipinski definition) is 5. The minimum atomic E-state index is -3.37. The van der Waals surface area contributed by atoms with Gasteiger partial charge >= 0.3 is 6.03 Å². The number of amides is 2. The van der Waals surface area contributed by atoms with Crippen LogP contribution in [0.2, 0.25) is 0 Å². The summed E-state index contributed by atoms with van der Waals surface area (Å²) in [4.78, 5) is 14.3. The SMILES string of the molecule is CCNC(=O)N1CCC[C@H](NS(C)(=O)=O)[C@@H]1CO[C@H]1CC[C@@H](c2cnn(C)c2)CC1. The van der Waals surface area contributed by atoms with Crippen LogP contribution in [0.5, 0.6) is 0 Å². The van der Waals surface area contributed by atoms with Gasteiger partial charge in [0.05, 0.1) is 31.2 Å². The van der Waals surface area contributed by atoms with Crippen molar-refractivity contribution in [2.75, 3.05) is 26.0 Å². The molecule has 0 unspecified atom stereocenters. The Balaban J connectivity index is 1.59. The lowest BCUT2D eigenvalue weighted by Crippen LogP contribution is -2.60. The molecule has 0 radical (unpaired) electrons. The minimum absolute atomic E-state index is 0.134. The third-order valence-corrected chi connectivity index (χ3v) is 6.84. The zero-order valence-corrected chi connectivity index (χ0v) is 19.0. The van der Waals surface area contributed by atoms with Crippen LogP contribution in [-0.2, 0) is 21.8 Å². The van der Waals surface area contributed by atoms with Crippen LogP contribution in [-0.4, -0.2) is 73.3 Å². The number of aromatic nitrogens is 2. The molecular formula is C20H35N5O4S. The fraction of sp³-hybridized carbons (Fsp3) is 0.800. The zero-order valence-electron chi connectivity index (χ0n) is 18.2. The van der Waals surface area contributed by atoms with Gasteiger partial charge in [0.1, 0.15) is 0 Å². The summed E-state index contributed by atoms with van der Waals surface area (Å²) in [6, 6.07) is -0.800. The van der Waals surface area contributed by atoms with E-state index in [2.05, 4.69) is 21.3 Å². The van der Waals surface area contributed by atoms with E-state index in [0.29, 0.717) is 32.0 Å². The molecule has 1 aromatic heterocycles. The second-order valence-corrected chi connectivity index (χ2v) is 10.3. The van der Waals surface area contributed by atoms with E-state index in [4.69, 9.17) is 4.74 Å². The first kappa shape index (κ1) is 23.0. The maximum Gasteiger partial charge on any atom is 0.317 e. The maximum atomic E-state index is 12.5. The maximum absolute atomic E-state index is 12.5. The molecule has 0 bridgehead atoms. The van der Waals surface area contributed by atoms with Gasteiger partial charge in [0.2, 0.25) is 10.0 Å². The lowest BCUT2D eigenvalue weighted by atomic mass is 9.84. The molecule has 2 fully saturated rings. The van der Waals surface area contributed by atoms with Crippen LogP contribution in [0.1, 0.15) is 56.9 Å². The summed E-state index contributed by atoms with van der Waals surface area (Å²) in [7, 11) is -1.43. The van der Waals surface area contributed by atoms with E-state index < -0.39 is 10.0 Å². The molecule has 30 heavy (non-hydrogen) atoms. The number of sulfonamides is 1. The molecular weight excluding hydrogens is 406 g/mol. The second-order valence-electron chi connectivity index (χ2n) is 8.49. The summed E-state index contributed by atoms with van der Waals surface area (Å²) in [5.41, 5.74) is 1.28. The van der Waals surface area contributed by atoms with Crippen molar-refractivity contribution >= 4 is 16.1 Å². The van der Waals surface area contributed by atoms with Gasteiger partial charge in [-0.05, 0) is 56.9 Å². The molecule has 1 saturated carbocycles. The van der Waals surface area contributed by atoms with Gasteiger partial charge in [-0.2, -0.15) is 5.10 Å². The molecule has 10 heteroatoms. The molecule has 2 aliphatic rings. The molecule has 3 rings (SSSR count). The van der Waals surface area contributed by atoms with Gasteiger partial charge in [0.15, 0.2) is 0 Å². The van der Waals surface area contributed by atoms with E-state index in [1.807, 2.05) is 24.9 Å². The van der Waals surface area contributed by atoms with Crippen molar-refractivity contribution in [3.8, 4) is 0 Å². The average molecular weight is 442 g/mol. The number of nitrogens with one attached hydrogen (secondary N) is 2.